The number of rotatable bonds is 6. The van der Waals surface area contributed by atoms with Gasteiger partial charge in [-0.25, -0.2) is 8.42 Å². The smallest absolute Gasteiger partial charge is 0.231 e. The first-order valence-corrected chi connectivity index (χ1v) is 8.88. The first-order chi connectivity index (χ1) is 10.00. The molecule has 21 heavy (non-hydrogen) atoms. The second kappa shape index (κ2) is 7.19. The van der Waals surface area contributed by atoms with Gasteiger partial charge in [0.25, 0.3) is 0 Å². The van der Waals surface area contributed by atoms with Crippen molar-refractivity contribution in [3.05, 3.63) is 5.28 Å². The molecule has 0 amide bonds. The summed E-state index contributed by atoms with van der Waals surface area (Å²) in [5, 5.41) is 2.95. The molecule has 0 aliphatic carbocycles. The van der Waals surface area contributed by atoms with Crippen LogP contribution >= 0.6 is 11.6 Å². The third-order valence-electron chi connectivity index (χ3n) is 3.03. The largest absolute Gasteiger partial charge is 0.378 e. The minimum Gasteiger partial charge on any atom is -0.378 e. The van der Waals surface area contributed by atoms with Crippen molar-refractivity contribution in [3.8, 4) is 0 Å². The summed E-state index contributed by atoms with van der Waals surface area (Å²) in [7, 11) is -3.02. The van der Waals surface area contributed by atoms with Gasteiger partial charge in [0.1, 0.15) is 0 Å². The highest BCUT2D eigenvalue weighted by molar-refractivity contribution is 7.91. The van der Waals surface area contributed by atoms with E-state index in [1.807, 2.05) is 4.90 Å². The van der Waals surface area contributed by atoms with Crippen molar-refractivity contribution in [2.75, 3.05) is 54.6 Å². The minimum atomic E-state index is -3.02. The summed E-state index contributed by atoms with van der Waals surface area (Å²) in [6.45, 7) is 4.44. The van der Waals surface area contributed by atoms with Gasteiger partial charge in [-0.05, 0) is 11.6 Å². The molecule has 8 nitrogen and oxygen atoms in total. The molecule has 0 bridgehead atoms. The fourth-order valence-electron chi connectivity index (χ4n) is 1.79. The van der Waals surface area contributed by atoms with Crippen molar-refractivity contribution in [2.24, 2.45) is 0 Å². The number of hydrogen-bond acceptors (Lipinski definition) is 8. The van der Waals surface area contributed by atoms with Crippen LogP contribution in [0.2, 0.25) is 5.28 Å². The van der Waals surface area contributed by atoms with Gasteiger partial charge in [-0.1, -0.05) is 6.92 Å². The van der Waals surface area contributed by atoms with Crippen LogP contribution in [0.25, 0.3) is 0 Å². The molecule has 2 rings (SSSR count). The fourth-order valence-corrected chi connectivity index (χ4v) is 2.64. The van der Waals surface area contributed by atoms with Crippen LogP contribution in [0.1, 0.15) is 6.92 Å². The van der Waals surface area contributed by atoms with Gasteiger partial charge in [0.15, 0.2) is 9.84 Å². The van der Waals surface area contributed by atoms with Crippen LogP contribution in [-0.2, 0) is 14.6 Å². The lowest BCUT2D eigenvalue weighted by Gasteiger charge is -2.26. The maximum Gasteiger partial charge on any atom is 0.231 e. The number of nitrogens with one attached hydrogen (secondary N) is 1. The molecule has 0 radical (unpaired) electrons. The minimum absolute atomic E-state index is 0.0275. The zero-order valence-electron chi connectivity index (χ0n) is 11.7. The number of nitrogens with zero attached hydrogens (tertiary/aromatic N) is 4. The summed E-state index contributed by atoms with van der Waals surface area (Å²) in [4.78, 5) is 14.2. The number of anilines is 2. The molecule has 1 aliphatic heterocycles. The van der Waals surface area contributed by atoms with Gasteiger partial charge in [-0.2, -0.15) is 15.0 Å². The van der Waals surface area contributed by atoms with Gasteiger partial charge in [-0.15, -0.1) is 0 Å². The van der Waals surface area contributed by atoms with Gasteiger partial charge in [0.05, 0.1) is 19.0 Å². The maximum atomic E-state index is 11.4. The number of ether oxygens (including phenoxy) is 1. The summed E-state index contributed by atoms with van der Waals surface area (Å²) in [6.07, 6.45) is 0. The van der Waals surface area contributed by atoms with Crippen LogP contribution in [-0.4, -0.2) is 67.7 Å². The number of morpholine rings is 1. The third kappa shape index (κ3) is 4.94. The molecular weight excluding hydrogens is 318 g/mol. The Morgan fingerprint density at radius 1 is 1.29 bits per heavy atom. The molecule has 2 heterocycles. The average Bonchev–Trinajstić information content (AvgIpc) is 2.47. The van der Waals surface area contributed by atoms with Gasteiger partial charge in [-0.3, -0.25) is 0 Å². The molecule has 0 saturated carbocycles. The van der Waals surface area contributed by atoms with Crippen LogP contribution < -0.4 is 10.2 Å². The SMILES string of the molecule is CCS(=O)(=O)CCNc1nc(Cl)nc(N2CCOCC2)n1. The summed E-state index contributed by atoms with van der Waals surface area (Å²) < 4.78 is 28.1. The Labute approximate surface area is 128 Å². The molecule has 1 N–H and O–H groups in total. The van der Waals surface area contributed by atoms with Crippen molar-refractivity contribution >= 4 is 33.3 Å². The van der Waals surface area contributed by atoms with Crippen LogP contribution in [0.3, 0.4) is 0 Å². The van der Waals surface area contributed by atoms with E-state index < -0.39 is 9.84 Å². The van der Waals surface area contributed by atoms with E-state index in [2.05, 4.69) is 20.3 Å². The van der Waals surface area contributed by atoms with E-state index >= 15 is 0 Å². The normalized spacial score (nSPS) is 16.0. The van der Waals surface area contributed by atoms with E-state index in [0.29, 0.717) is 32.3 Å². The van der Waals surface area contributed by atoms with Crippen molar-refractivity contribution in [3.63, 3.8) is 0 Å². The lowest BCUT2D eigenvalue weighted by molar-refractivity contribution is 0.122. The Morgan fingerprint density at radius 2 is 2.00 bits per heavy atom. The van der Waals surface area contributed by atoms with Gasteiger partial charge in [0, 0.05) is 25.4 Å². The zero-order chi connectivity index (χ0) is 15.3. The average molecular weight is 336 g/mol. The Kier molecular flexibility index (Phi) is 5.54. The molecule has 118 valence electrons. The molecular formula is C11H18ClN5O3S. The molecule has 0 spiro atoms. The number of aromatic nitrogens is 3. The number of hydrogen-bond donors (Lipinski definition) is 1. The molecule has 0 aromatic carbocycles. The summed E-state index contributed by atoms with van der Waals surface area (Å²) >= 11 is 5.89. The molecule has 10 heteroatoms. The highest BCUT2D eigenvalue weighted by Gasteiger charge is 2.16. The number of halogens is 1. The van der Waals surface area contributed by atoms with Crippen molar-refractivity contribution in [2.45, 2.75) is 6.92 Å². The van der Waals surface area contributed by atoms with Crippen molar-refractivity contribution in [1.82, 2.24) is 15.0 Å². The predicted molar refractivity (Wildman–Crippen MR) is 80.7 cm³/mol. The van der Waals surface area contributed by atoms with Gasteiger partial charge < -0.3 is 15.0 Å². The molecule has 1 aromatic rings. The molecule has 1 saturated heterocycles. The highest BCUT2D eigenvalue weighted by atomic mass is 35.5. The first kappa shape index (κ1) is 16.2. The van der Waals surface area contributed by atoms with E-state index in [4.69, 9.17) is 16.3 Å². The standard InChI is InChI=1S/C11H18ClN5O3S/c1-2-21(18,19)8-3-13-10-14-9(12)15-11(16-10)17-4-6-20-7-5-17/h2-8H2,1H3,(H,13,14,15,16). The third-order valence-corrected chi connectivity index (χ3v) is 4.90. The molecule has 1 aromatic heterocycles. The van der Waals surface area contributed by atoms with E-state index in [1.54, 1.807) is 6.92 Å². The van der Waals surface area contributed by atoms with Crippen LogP contribution in [0.4, 0.5) is 11.9 Å². The first-order valence-electron chi connectivity index (χ1n) is 6.69. The second-order valence-electron chi connectivity index (χ2n) is 4.49. The molecule has 1 fully saturated rings. The lowest BCUT2D eigenvalue weighted by atomic mass is 10.4. The predicted octanol–water partition coefficient (Wildman–Crippen LogP) is 0.208. The summed E-state index contributed by atoms with van der Waals surface area (Å²) in [5.41, 5.74) is 0. The topological polar surface area (TPSA) is 97.3 Å². The zero-order valence-corrected chi connectivity index (χ0v) is 13.3. The monoisotopic (exact) mass is 335 g/mol. The van der Waals surface area contributed by atoms with Gasteiger partial charge in [0.2, 0.25) is 17.2 Å². The van der Waals surface area contributed by atoms with Crippen LogP contribution in [0.5, 0.6) is 0 Å². The Hall–Kier alpha value is -1.19. The van der Waals surface area contributed by atoms with E-state index in [9.17, 15) is 8.42 Å². The molecule has 0 unspecified atom stereocenters. The second-order valence-corrected chi connectivity index (χ2v) is 7.30. The van der Waals surface area contributed by atoms with Gasteiger partial charge >= 0.3 is 0 Å². The molecule has 0 atom stereocenters. The highest BCUT2D eigenvalue weighted by Crippen LogP contribution is 2.14. The fraction of sp³-hybridized carbons (Fsp3) is 0.727. The Bertz CT molecular complexity index is 577. The van der Waals surface area contributed by atoms with E-state index in [1.165, 1.54) is 0 Å². The summed E-state index contributed by atoms with van der Waals surface area (Å²) in [5.74, 6) is 0.896. The molecule has 1 aliphatic rings. The van der Waals surface area contributed by atoms with Crippen LogP contribution in [0.15, 0.2) is 0 Å². The van der Waals surface area contributed by atoms with Crippen molar-refractivity contribution in [1.29, 1.82) is 0 Å². The van der Waals surface area contributed by atoms with E-state index in [0.717, 1.165) is 0 Å². The quantitative estimate of drug-likeness (QED) is 0.788. The Balaban J connectivity index is 2.01. The lowest BCUT2D eigenvalue weighted by Crippen LogP contribution is -2.37. The van der Waals surface area contributed by atoms with Crippen molar-refractivity contribution < 1.29 is 13.2 Å². The van der Waals surface area contributed by atoms with E-state index in [-0.39, 0.29) is 29.3 Å². The Morgan fingerprint density at radius 3 is 2.67 bits per heavy atom. The maximum absolute atomic E-state index is 11.4. The number of sulfone groups is 1. The van der Waals surface area contributed by atoms with Crippen LogP contribution in [0, 0.1) is 0 Å². The summed E-state index contributed by atoms with van der Waals surface area (Å²) in [6, 6.07) is 0.